The van der Waals surface area contributed by atoms with Crippen LogP contribution < -0.4 is 15.8 Å². The molecule has 4 unspecified atom stereocenters. The van der Waals surface area contributed by atoms with Crippen LogP contribution in [0.1, 0.15) is 35.2 Å². The van der Waals surface area contributed by atoms with E-state index in [0.717, 1.165) is 40.8 Å². The number of carbonyl (C=O) groups is 1. The summed E-state index contributed by atoms with van der Waals surface area (Å²) < 4.78 is 7.39. The highest BCUT2D eigenvalue weighted by molar-refractivity contribution is 9.10. The number of hydrogen-bond acceptors (Lipinski definition) is 6. The third-order valence-electron chi connectivity index (χ3n) is 6.10. The van der Waals surface area contributed by atoms with Gasteiger partial charge in [-0.2, -0.15) is 0 Å². The van der Waals surface area contributed by atoms with Crippen LogP contribution in [0.4, 0.5) is 0 Å². The number of amidine groups is 1. The summed E-state index contributed by atoms with van der Waals surface area (Å²) in [5.41, 5.74) is 7.39. The van der Waals surface area contributed by atoms with Crippen molar-refractivity contribution < 1.29 is 9.53 Å². The average Bonchev–Trinajstić information content (AvgIpc) is 3.12. The van der Waals surface area contributed by atoms with Crippen LogP contribution in [0.25, 0.3) is 0 Å². The Kier molecular flexibility index (Phi) is 4.78. The van der Waals surface area contributed by atoms with Crippen LogP contribution in [0.15, 0.2) is 52.2 Å². The Morgan fingerprint density at radius 3 is 3.00 bits per heavy atom. The molecule has 2 aliphatic heterocycles. The Balaban J connectivity index is 1.45. The van der Waals surface area contributed by atoms with E-state index < -0.39 is 5.54 Å². The molecule has 150 valence electrons. The number of carbonyl (C=O) groups excluding carboxylic acids is 1. The molecule has 29 heavy (non-hydrogen) atoms. The predicted molar refractivity (Wildman–Crippen MR) is 117 cm³/mol. The van der Waals surface area contributed by atoms with E-state index in [4.69, 9.17) is 15.5 Å². The van der Waals surface area contributed by atoms with Gasteiger partial charge in [-0.25, -0.2) is 4.99 Å². The van der Waals surface area contributed by atoms with E-state index in [1.54, 1.807) is 36.3 Å². The fraction of sp³-hybridized carbons (Fsp3) is 0.381. The quantitative estimate of drug-likeness (QED) is 0.698. The first-order chi connectivity index (χ1) is 14.0. The fourth-order valence-corrected chi connectivity index (χ4v) is 6.15. The van der Waals surface area contributed by atoms with E-state index in [1.807, 2.05) is 12.1 Å². The van der Waals surface area contributed by atoms with E-state index in [0.29, 0.717) is 10.7 Å². The molecule has 8 heteroatoms. The minimum atomic E-state index is -0.408. The SMILES string of the molecule is NC1=NC2(CS1)c1cc(Br)ccc1OC1CCC(NC(=O)c3cccnc3)CC12. The van der Waals surface area contributed by atoms with Gasteiger partial charge in [0, 0.05) is 40.1 Å². The number of nitrogens with one attached hydrogen (secondary N) is 1. The molecule has 3 heterocycles. The highest BCUT2D eigenvalue weighted by Gasteiger charge is 2.54. The largest absolute Gasteiger partial charge is 0.490 e. The summed E-state index contributed by atoms with van der Waals surface area (Å²) in [6, 6.07) is 9.75. The zero-order valence-corrected chi connectivity index (χ0v) is 18.1. The van der Waals surface area contributed by atoms with Gasteiger partial charge in [-0.3, -0.25) is 9.78 Å². The van der Waals surface area contributed by atoms with Crippen LogP contribution in [0, 0.1) is 5.92 Å². The number of halogens is 1. The maximum atomic E-state index is 12.6. The maximum absolute atomic E-state index is 12.6. The van der Waals surface area contributed by atoms with Crippen molar-refractivity contribution in [1.82, 2.24) is 10.3 Å². The van der Waals surface area contributed by atoms with Crippen LogP contribution in [0.3, 0.4) is 0 Å². The molecule has 1 aromatic carbocycles. The van der Waals surface area contributed by atoms with Gasteiger partial charge in [0.05, 0.1) is 5.56 Å². The molecule has 0 radical (unpaired) electrons. The third-order valence-corrected chi connectivity index (χ3v) is 7.56. The van der Waals surface area contributed by atoms with Crippen molar-refractivity contribution >= 4 is 38.8 Å². The van der Waals surface area contributed by atoms with Crippen molar-refractivity contribution in [3.8, 4) is 5.75 Å². The van der Waals surface area contributed by atoms with Crippen LogP contribution >= 0.6 is 27.7 Å². The number of amides is 1. The van der Waals surface area contributed by atoms with Gasteiger partial charge >= 0.3 is 0 Å². The molecule has 6 nitrogen and oxygen atoms in total. The standard InChI is InChI=1S/C21H21BrN4O2S/c22-13-3-5-17-15(8-13)21(11-29-20(23)26-21)16-9-14(4-6-18(16)28-17)25-19(27)12-2-1-7-24-10-12/h1-3,5,7-8,10,14,16,18H,4,6,9,11H2,(H2,23,26)(H,25,27). The van der Waals surface area contributed by atoms with Gasteiger partial charge in [-0.1, -0.05) is 27.7 Å². The fourth-order valence-electron chi connectivity index (χ4n) is 4.76. The number of nitrogens with zero attached hydrogens (tertiary/aromatic N) is 2. The molecule has 1 aromatic heterocycles. The first-order valence-electron chi connectivity index (χ1n) is 9.71. The number of ether oxygens (including phenoxy) is 1. The predicted octanol–water partition coefficient (Wildman–Crippen LogP) is 3.46. The number of aromatic nitrogens is 1. The van der Waals surface area contributed by atoms with Crippen molar-refractivity contribution in [3.05, 3.63) is 58.3 Å². The molecule has 3 aliphatic rings. The van der Waals surface area contributed by atoms with Gasteiger partial charge in [0.25, 0.3) is 5.91 Å². The van der Waals surface area contributed by atoms with E-state index in [-0.39, 0.29) is 24.0 Å². The Bertz CT molecular complexity index is 986. The minimum absolute atomic E-state index is 0.0696. The number of rotatable bonds is 2. The van der Waals surface area contributed by atoms with Crippen LogP contribution in [-0.4, -0.2) is 34.0 Å². The van der Waals surface area contributed by atoms with Crippen molar-refractivity contribution in [2.75, 3.05) is 5.75 Å². The summed E-state index contributed by atoms with van der Waals surface area (Å²) in [4.78, 5) is 21.6. The lowest BCUT2D eigenvalue weighted by Gasteiger charge is -2.48. The second-order valence-corrected chi connectivity index (χ2v) is 9.70. The zero-order chi connectivity index (χ0) is 20.0. The number of nitrogens with two attached hydrogens (primary N) is 1. The molecule has 2 aromatic rings. The molecule has 0 saturated heterocycles. The molecule has 1 saturated carbocycles. The Labute approximate surface area is 181 Å². The van der Waals surface area contributed by atoms with Crippen molar-refractivity contribution in [2.45, 2.75) is 36.9 Å². The molecule has 1 amide bonds. The summed E-state index contributed by atoms with van der Waals surface area (Å²) in [7, 11) is 0. The number of thioether (sulfide) groups is 1. The Morgan fingerprint density at radius 1 is 1.34 bits per heavy atom. The number of aliphatic imine (C=N–C) groups is 1. The van der Waals surface area contributed by atoms with Gasteiger partial charge in [0.1, 0.15) is 17.4 Å². The zero-order valence-electron chi connectivity index (χ0n) is 15.7. The molecular weight excluding hydrogens is 452 g/mol. The molecule has 1 spiro atoms. The lowest BCUT2D eigenvalue weighted by molar-refractivity contribution is 0.0155. The highest BCUT2D eigenvalue weighted by atomic mass is 79.9. The maximum Gasteiger partial charge on any atom is 0.253 e. The first-order valence-corrected chi connectivity index (χ1v) is 11.5. The smallest absolute Gasteiger partial charge is 0.253 e. The molecular formula is C21H21BrN4O2S. The van der Waals surface area contributed by atoms with Crippen LogP contribution in [-0.2, 0) is 5.54 Å². The Hall–Kier alpha value is -2.06. The number of benzene rings is 1. The van der Waals surface area contributed by atoms with Crippen molar-refractivity contribution in [1.29, 1.82) is 0 Å². The Morgan fingerprint density at radius 2 is 2.24 bits per heavy atom. The van der Waals surface area contributed by atoms with Gasteiger partial charge in [-0.05, 0) is 49.6 Å². The van der Waals surface area contributed by atoms with E-state index in [1.165, 1.54) is 0 Å². The highest BCUT2D eigenvalue weighted by Crippen LogP contribution is 2.54. The van der Waals surface area contributed by atoms with Gasteiger partial charge < -0.3 is 15.8 Å². The lowest BCUT2D eigenvalue weighted by Crippen LogP contribution is -2.54. The number of hydrogen-bond donors (Lipinski definition) is 2. The molecule has 1 fully saturated rings. The first kappa shape index (κ1) is 18.9. The van der Waals surface area contributed by atoms with Gasteiger partial charge in [0.2, 0.25) is 0 Å². The lowest BCUT2D eigenvalue weighted by atomic mass is 9.67. The summed E-state index contributed by atoms with van der Waals surface area (Å²) in [6.07, 6.45) is 5.89. The summed E-state index contributed by atoms with van der Waals surface area (Å²) >= 11 is 5.19. The number of pyridine rings is 1. The average molecular weight is 473 g/mol. The molecule has 5 rings (SSSR count). The summed E-state index contributed by atoms with van der Waals surface area (Å²) in [6.45, 7) is 0. The van der Waals surface area contributed by atoms with E-state index in [9.17, 15) is 4.79 Å². The van der Waals surface area contributed by atoms with Crippen LogP contribution in [0.5, 0.6) is 5.75 Å². The van der Waals surface area contributed by atoms with E-state index >= 15 is 0 Å². The number of fused-ring (bicyclic) bond motifs is 4. The monoisotopic (exact) mass is 472 g/mol. The minimum Gasteiger partial charge on any atom is -0.490 e. The molecule has 1 aliphatic carbocycles. The van der Waals surface area contributed by atoms with E-state index in [2.05, 4.69) is 32.3 Å². The topological polar surface area (TPSA) is 89.6 Å². The molecule has 4 atom stereocenters. The second-order valence-electron chi connectivity index (χ2n) is 7.79. The third kappa shape index (κ3) is 3.32. The second kappa shape index (κ2) is 7.32. The van der Waals surface area contributed by atoms with Crippen molar-refractivity contribution in [2.24, 2.45) is 16.6 Å². The normalized spacial score (nSPS) is 30.1. The molecule has 0 bridgehead atoms. The van der Waals surface area contributed by atoms with Gasteiger partial charge in [-0.15, -0.1) is 0 Å². The summed E-state index contributed by atoms with van der Waals surface area (Å²) in [5, 5.41) is 3.81. The van der Waals surface area contributed by atoms with Crippen molar-refractivity contribution in [3.63, 3.8) is 0 Å². The molecule has 3 N–H and O–H groups in total. The summed E-state index contributed by atoms with van der Waals surface area (Å²) in [5.74, 6) is 1.77. The van der Waals surface area contributed by atoms with Crippen LogP contribution in [0.2, 0.25) is 0 Å². The van der Waals surface area contributed by atoms with Gasteiger partial charge in [0.15, 0.2) is 5.17 Å².